The molecule has 2 fully saturated rings. The maximum atomic E-state index is 12.9. The van der Waals surface area contributed by atoms with Gasteiger partial charge in [-0.15, -0.1) is 0 Å². The van der Waals surface area contributed by atoms with E-state index in [1.165, 1.54) is 11.0 Å². The number of alkyl halides is 3. The highest BCUT2D eigenvalue weighted by Crippen LogP contribution is 2.37. The molecule has 3 rings (SSSR count). The number of amides is 1. The van der Waals surface area contributed by atoms with Crippen LogP contribution in [0.3, 0.4) is 0 Å². The van der Waals surface area contributed by atoms with E-state index in [4.69, 9.17) is 4.74 Å². The second-order valence-corrected chi connectivity index (χ2v) is 6.41. The lowest BCUT2D eigenvalue weighted by Crippen LogP contribution is -2.38. The van der Waals surface area contributed by atoms with E-state index in [0.29, 0.717) is 31.6 Å². The minimum Gasteiger partial charge on any atom is -0.391 e. The van der Waals surface area contributed by atoms with Crippen molar-refractivity contribution < 1.29 is 27.8 Å². The van der Waals surface area contributed by atoms with Crippen molar-refractivity contribution >= 4 is 5.91 Å². The van der Waals surface area contributed by atoms with Crippen molar-refractivity contribution in [2.45, 2.75) is 37.6 Å². The predicted octanol–water partition coefficient (Wildman–Crippen LogP) is 2.77. The summed E-state index contributed by atoms with van der Waals surface area (Å²) in [5.41, 5.74) is -0.318. The third kappa shape index (κ3) is 3.57. The zero-order valence-electron chi connectivity index (χ0n) is 13.1. The summed E-state index contributed by atoms with van der Waals surface area (Å²) in [5.74, 6) is -0.283. The van der Waals surface area contributed by atoms with Gasteiger partial charge in [-0.05, 0) is 37.0 Å². The van der Waals surface area contributed by atoms with Gasteiger partial charge in [0.2, 0.25) is 5.91 Å². The number of benzene rings is 1. The van der Waals surface area contributed by atoms with Crippen LogP contribution in [0.4, 0.5) is 13.2 Å². The Kier molecular flexibility index (Phi) is 4.83. The van der Waals surface area contributed by atoms with E-state index in [2.05, 4.69) is 0 Å². The second-order valence-electron chi connectivity index (χ2n) is 6.41. The van der Waals surface area contributed by atoms with Gasteiger partial charge in [-0.2, -0.15) is 13.2 Å². The van der Waals surface area contributed by atoms with Crippen molar-refractivity contribution in [3.8, 4) is 0 Å². The molecule has 0 radical (unpaired) electrons. The van der Waals surface area contributed by atoms with Gasteiger partial charge in [0.05, 0.1) is 17.7 Å². The van der Waals surface area contributed by atoms with Crippen LogP contribution in [0.5, 0.6) is 0 Å². The van der Waals surface area contributed by atoms with Crippen molar-refractivity contribution in [3.05, 3.63) is 35.4 Å². The van der Waals surface area contributed by atoms with Gasteiger partial charge >= 0.3 is 6.18 Å². The monoisotopic (exact) mass is 343 g/mol. The van der Waals surface area contributed by atoms with Gasteiger partial charge in [0.1, 0.15) is 0 Å². The molecule has 0 unspecified atom stereocenters. The minimum atomic E-state index is -4.43. The lowest BCUT2D eigenvalue weighted by atomic mass is 9.96. The largest absolute Gasteiger partial charge is 0.416 e. The first kappa shape index (κ1) is 17.2. The van der Waals surface area contributed by atoms with Gasteiger partial charge < -0.3 is 14.7 Å². The number of β-amino-alcohol motifs (C(OH)–C–C–N with tert-alkyl or cyclic N) is 1. The number of ether oxygens (including phenoxy) is 1. The predicted molar refractivity (Wildman–Crippen MR) is 80.1 cm³/mol. The fraction of sp³-hybridized carbons (Fsp3) is 0.588. The number of carbonyl (C=O) groups is 1. The molecule has 0 spiro atoms. The molecule has 0 bridgehead atoms. The Labute approximate surface area is 138 Å². The highest BCUT2D eigenvalue weighted by atomic mass is 19.4. The van der Waals surface area contributed by atoms with E-state index in [1.54, 1.807) is 6.07 Å². The molecular formula is C17H20F3NO3. The summed E-state index contributed by atoms with van der Waals surface area (Å²) >= 11 is 0. The third-order valence-electron chi connectivity index (χ3n) is 4.73. The summed E-state index contributed by atoms with van der Waals surface area (Å²) in [6, 6.07) is 4.51. The molecule has 4 nitrogen and oxygen atoms in total. The number of carbonyl (C=O) groups excluding carboxylic acids is 1. The van der Waals surface area contributed by atoms with Crippen molar-refractivity contribution in [1.29, 1.82) is 0 Å². The van der Waals surface area contributed by atoms with Crippen LogP contribution < -0.4 is 0 Å². The maximum Gasteiger partial charge on any atom is 0.416 e. The van der Waals surface area contributed by atoms with Crippen molar-refractivity contribution in [3.63, 3.8) is 0 Å². The highest BCUT2D eigenvalue weighted by Gasteiger charge is 2.39. The summed E-state index contributed by atoms with van der Waals surface area (Å²) in [5, 5.41) is 9.97. The van der Waals surface area contributed by atoms with Crippen LogP contribution in [0.25, 0.3) is 0 Å². The van der Waals surface area contributed by atoms with Crippen LogP contribution in [0, 0.1) is 5.92 Å². The van der Waals surface area contributed by atoms with Gasteiger partial charge in [0.25, 0.3) is 0 Å². The van der Waals surface area contributed by atoms with E-state index >= 15 is 0 Å². The Morgan fingerprint density at radius 2 is 1.96 bits per heavy atom. The number of halogens is 3. The number of aliphatic hydroxyl groups is 1. The molecule has 0 aromatic heterocycles. The lowest BCUT2D eigenvalue weighted by Gasteiger charge is -2.31. The molecule has 0 saturated carbocycles. The first-order valence-electron chi connectivity index (χ1n) is 8.09. The Morgan fingerprint density at radius 1 is 1.25 bits per heavy atom. The number of aliphatic hydroxyl groups excluding tert-OH is 1. The molecule has 2 aliphatic heterocycles. The fourth-order valence-corrected chi connectivity index (χ4v) is 3.47. The molecule has 1 N–H and O–H groups in total. The first-order chi connectivity index (χ1) is 11.4. The van der Waals surface area contributed by atoms with Crippen molar-refractivity contribution in [1.82, 2.24) is 4.90 Å². The zero-order valence-corrected chi connectivity index (χ0v) is 13.1. The fourth-order valence-electron chi connectivity index (χ4n) is 3.47. The van der Waals surface area contributed by atoms with Crippen LogP contribution >= 0.6 is 0 Å². The topological polar surface area (TPSA) is 49.8 Å². The maximum absolute atomic E-state index is 12.9. The molecule has 2 aliphatic rings. The van der Waals surface area contributed by atoms with Gasteiger partial charge in [-0.1, -0.05) is 12.1 Å². The average Bonchev–Trinajstić information content (AvgIpc) is 2.96. The van der Waals surface area contributed by atoms with E-state index in [-0.39, 0.29) is 24.8 Å². The first-order valence-corrected chi connectivity index (χ1v) is 8.09. The Morgan fingerprint density at radius 3 is 2.62 bits per heavy atom. The molecule has 2 atom stereocenters. The summed E-state index contributed by atoms with van der Waals surface area (Å²) in [6.07, 6.45) is -3.66. The van der Waals surface area contributed by atoms with Crippen LogP contribution in [-0.2, 0) is 15.7 Å². The number of nitrogens with zero attached hydrogens (tertiary/aromatic N) is 1. The van der Waals surface area contributed by atoms with Gasteiger partial charge in [-0.3, -0.25) is 4.79 Å². The number of likely N-dealkylation sites (tertiary alicyclic amines) is 1. The van der Waals surface area contributed by atoms with E-state index in [1.807, 2.05) is 0 Å². The molecule has 2 saturated heterocycles. The number of rotatable bonds is 2. The van der Waals surface area contributed by atoms with E-state index < -0.39 is 23.9 Å². The SMILES string of the molecule is O=C(C1CCOCC1)N1C[C@@H](O)C[C@H]1c1cccc(C(F)(F)F)c1. The van der Waals surface area contributed by atoms with Crippen molar-refractivity contribution in [2.24, 2.45) is 5.92 Å². The molecular weight excluding hydrogens is 323 g/mol. The zero-order chi connectivity index (χ0) is 17.3. The lowest BCUT2D eigenvalue weighted by molar-refractivity contribution is -0.139. The van der Waals surface area contributed by atoms with E-state index in [9.17, 15) is 23.1 Å². The average molecular weight is 343 g/mol. The smallest absolute Gasteiger partial charge is 0.391 e. The van der Waals surface area contributed by atoms with Crippen LogP contribution in [0.1, 0.15) is 36.4 Å². The van der Waals surface area contributed by atoms with Gasteiger partial charge in [0, 0.05) is 25.7 Å². The summed E-state index contributed by atoms with van der Waals surface area (Å²) in [6.45, 7) is 1.19. The van der Waals surface area contributed by atoms with Crippen LogP contribution in [-0.4, -0.2) is 41.8 Å². The quantitative estimate of drug-likeness (QED) is 0.898. The summed E-state index contributed by atoms with van der Waals surface area (Å²) in [7, 11) is 0. The number of hydrogen-bond acceptors (Lipinski definition) is 3. The molecule has 0 aliphatic carbocycles. The molecule has 132 valence electrons. The second kappa shape index (κ2) is 6.72. The molecule has 7 heteroatoms. The van der Waals surface area contributed by atoms with Crippen LogP contribution in [0.15, 0.2) is 24.3 Å². The Balaban J connectivity index is 1.84. The van der Waals surface area contributed by atoms with Crippen LogP contribution in [0.2, 0.25) is 0 Å². The molecule has 2 heterocycles. The standard InChI is InChI=1S/C17H20F3NO3/c18-17(19,20)13-3-1-2-12(8-13)15-9-14(22)10-21(15)16(23)11-4-6-24-7-5-11/h1-3,8,11,14-15,22H,4-7,9-10H2/t14-,15-/m0/s1. The molecule has 1 amide bonds. The minimum absolute atomic E-state index is 0.0998. The molecule has 1 aromatic rings. The van der Waals surface area contributed by atoms with E-state index in [0.717, 1.165) is 12.1 Å². The van der Waals surface area contributed by atoms with Gasteiger partial charge in [-0.25, -0.2) is 0 Å². The summed E-state index contributed by atoms with van der Waals surface area (Å²) < 4.78 is 44.1. The normalized spacial score (nSPS) is 25.9. The number of hydrogen-bond donors (Lipinski definition) is 1. The molecule has 24 heavy (non-hydrogen) atoms. The Bertz CT molecular complexity index is 599. The highest BCUT2D eigenvalue weighted by molar-refractivity contribution is 5.80. The third-order valence-corrected chi connectivity index (χ3v) is 4.73. The van der Waals surface area contributed by atoms with Gasteiger partial charge in [0.15, 0.2) is 0 Å². The summed E-state index contributed by atoms with van der Waals surface area (Å²) in [4.78, 5) is 14.3. The molecule has 1 aromatic carbocycles. The Hall–Kier alpha value is -1.60. The van der Waals surface area contributed by atoms with Crippen molar-refractivity contribution in [2.75, 3.05) is 19.8 Å².